The first-order valence-corrected chi connectivity index (χ1v) is 9.32. The Labute approximate surface area is 150 Å². The van der Waals surface area contributed by atoms with Gasteiger partial charge in [0.15, 0.2) is 0 Å². The third-order valence-corrected chi connectivity index (χ3v) is 4.87. The first-order valence-electron chi connectivity index (χ1n) is 9.32. The number of benzene rings is 1. The fraction of sp³-hybridized carbons (Fsp3) is 0.632. The van der Waals surface area contributed by atoms with Crippen LogP contribution in [0.15, 0.2) is 24.3 Å². The van der Waals surface area contributed by atoms with Gasteiger partial charge in [0, 0.05) is 57.2 Å². The predicted octanol–water partition coefficient (Wildman–Crippen LogP) is 2.55. The minimum atomic E-state index is -0.0271. The maximum atomic E-state index is 12.6. The zero-order valence-electron chi connectivity index (χ0n) is 15.1. The Bertz CT molecular complexity index is 553. The second-order valence-electron chi connectivity index (χ2n) is 6.65. The number of hydrogen-bond donors (Lipinski definition) is 1. The standard InChI is InChI=1S/C19H29N3O3/c1-2-24-15-16-6-3-4-8-18(16)20-19(23)22-11-9-21(10-12-22)14-17-7-5-13-25-17/h3-4,6,8,17H,2,5,7,9-15H2,1H3,(H,20,23)/t17-/m0/s1. The molecule has 1 aromatic carbocycles. The number of nitrogens with one attached hydrogen (secondary N) is 1. The molecule has 0 aliphatic carbocycles. The van der Waals surface area contributed by atoms with Crippen LogP contribution in [0.2, 0.25) is 0 Å². The summed E-state index contributed by atoms with van der Waals surface area (Å²) in [5.74, 6) is 0. The van der Waals surface area contributed by atoms with Crippen LogP contribution in [0, 0.1) is 0 Å². The van der Waals surface area contributed by atoms with Gasteiger partial charge in [-0.2, -0.15) is 0 Å². The molecule has 3 rings (SSSR count). The largest absolute Gasteiger partial charge is 0.377 e. The van der Waals surface area contributed by atoms with Gasteiger partial charge < -0.3 is 19.7 Å². The molecule has 2 aliphatic heterocycles. The van der Waals surface area contributed by atoms with Gasteiger partial charge in [0.05, 0.1) is 12.7 Å². The summed E-state index contributed by atoms with van der Waals surface area (Å²) < 4.78 is 11.2. The highest BCUT2D eigenvalue weighted by Crippen LogP contribution is 2.18. The lowest BCUT2D eigenvalue weighted by molar-refractivity contribution is 0.0571. The van der Waals surface area contributed by atoms with E-state index in [1.807, 2.05) is 36.1 Å². The summed E-state index contributed by atoms with van der Waals surface area (Å²) in [5, 5.41) is 3.04. The highest BCUT2D eigenvalue weighted by molar-refractivity contribution is 5.90. The van der Waals surface area contributed by atoms with Gasteiger partial charge in [0.25, 0.3) is 0 Å². The van der Waals surface area contributed by atoms with Crippen molar-refractivity contribution in [1.29, 1.82) is 0 Å². The number of nitrogens with zero attached hydrogens (tertiary/aromatic N) is 2. The Balaban J connectivity index is 1.48. The van der Waals surface area contributed by atoms with Crippen LogP contribution in [0.3, 0.4) is 0 Å². The quantitative estimate of drug-likeness (QED) is 0.859. The molecule has 0 radical (unpaired) electrons. The molecule has 25 heavy (non-hydrogen) atoms. The van der Waals surface area contributed by atoms with Crippen molar-refractivity contribution in [3.8, 4) is 0 Å². The van der Waals surface area contributed by atoms with Gasteiger partial charge in [-0.05, 0) is 25.8 Å². The molecule has 0 saturated carbocycles. The van der Waals surface area contributed by atoms with Crippen molar-refractivity contribution in [2.75, 3.05) is 51.3 Å². The Morgan fingerprint density at radius 3 is 2.80 bits per heavy atom. The maximum Gasteiger partial charge on any atom is 0.321 e. The molecule has 1 atom stereocenters. The van der Waals surface area contributed by atoms with Crippen molar-refractivity contribution in [2.45, 2.75) is 32.5 Å². The SMILES string of the molecule is CCOCc1ccccc1NC(=O)N1CCN(C[C@@H]2CCCO2)CC1. The van der Waals surface area contributed by atoms with Gasteiger partial charge in [-0.15, -0.1) is 0 Å². The predicted molar refractivity (Wildman–Crippen MR) is 97.8 cm³/mol. The number of carbonyl (C=O) groups excluding carboxylic acids is 1. The van der Waals surface area contributed by atoms with E-state index in [2.05, 4.69) is 10.2 Å². The highest BCUT2D eigenvalue weighted by atomic mass is 16.5. The lowest BCUT2D eigenvalue weighted by Crippen LogP contribution is -2.51. The Morgan fingerprint density at radius 2 is 2.08 bits per heavy atom. The Kier molecular flexibility index (Phi) is 6.67. The van der Waals surface area contributed by atoms with E-state index in [0.29, 0.717) is 19.3 Å². The second-order valence-corrected chi connectivity index (χ2v) is 6.65. The molecule has 6 nitrogen and oxygen atoms in total. The monoisotopic (exact) mass is 347 g/mol. The summed E-state index contributed by atoms with van der Waals surface area (Å²) in [6.07, 6.45) is 2.72. The molecular weight excluding hydrogens is 318 g/mol. The van der Waals surface area contributed by atoms with Gasteiger partial charge >= 0.3 is 6.03 Å². The third kappa shape index (κ3) is 5.17. The number of hydrogen-bond acceptors (Lipinski definition) is 4. The van der Waals surface area contributed by atoms with E-state index < -0.39 is 0 Å². The van der Waals surface area contributed by atoms with Gasteiger partial charge in [-0.1, -0.05) is 18.2 Å². The minimum absolute atomic E-state index is 0.0271. The van der Waals surface area contributed by atoms with E-state index in [1.54, 1.807) is 0 Å². The number of ether oxygens (including phenoxy) is 2. The summed E-state index contributed by atoms with van der Waals surface area (Å²) in [5.41, 5.74) is 1.84. The lowest BCUT2D eigenvalue weighted by Gasteiger charge is -2.35. The van der Waals surface area contributed by atoms with Crippen molar-refractivity contribution in [2.24, 2.45) is 0 Å². The van der Waals surface area contributed by atoms with Crippen LogP contribution >= 0.6 is 0 Å². The van der Waals surface area contributed by atoms with E-state index in [-0.39, 0.29) is 6.03 Å². The van der Waals surface area contributed by atoms with E-state index in [0.717, 1.165) is 57.0 Å². The molecule has 2 aliphatic rings. The first-order chi connectivity index (χ1) is 12.3. The summed E-state index contributed by atoms with van der Waals surface area (Å²) >= 11 is 0. The van der Waals surface area contributed by atoms with Gasteiger partial charge in [-0.3, -0.25) is 4.90 Å². The average molecular weight is 347 g/mol. The van der Waals surface area contributed by atoms with Crippen molar-refractivity contribution < 1.29 is 14.3 Å². The second kappa shape index (κ2) is 9.17. The molecule has 0 unspecified atom stereocenters. The topological polar surface area (TPSA) is 54.0 Å². The fourth-order valence-corrected chi connectivity index (χ4v) is 3.38. The Morgan fingerprint density at radius 1 is 1.28 bits per heavy atom. The van der Waals surface area contributed by atoms with E-state index in [1.165, 1.54) is 6.42 Å². The molecule has 6 heteroatoms. The third-order valence-electron chi connectivity index (χ3n) is 4.87. The molecule has 2 amide bonds. The molecule has 2 heterocycles. The number of para-hydroxylation sites is 1. The van der Waals surface area contributed by atoms with Crippen LogP contribution in [0.4, 0.5) is 10.5 Å². The number of amides is 2. The Hall–Kier alpha value is -1.63. The molecule has 1 aromatic rings. The van der Waals surface area contributed by atoms with Crippen LogP contribution < -0.4 is 5.32 Å². The van der Waals surface area contributed by atoms with Crippen molar-refractivity contribution in [3.05, 3.63) is 29.8 Å². The van der Waals surface area contributed by atoms with Crippen LogP contribution in [0.1, 0.15) is 25.3 Å². The maximum absolute atomic E-state index is 12.6. The summed E-state index contributed by atoms with van der Waals surface area (Å²) in [6.45, 7) is 8.37. The van der Waals surface area contributed by atoms with Gasteiger partial charge in [0.2, 0.25) is 0 Å². The van der Waals surface area contributed by atoms with Crippen LogP contribution in [-0.2, 0) is 16.1 Å². The molecule has 1 N–H and O–H groups in total. The molecule has 0 bridgehead atoms. The zero-order valence-corrected chi connectivity index (χ0v) is 15.1. The molecule has 138 valence electrons. The van der Waals surface area contributed by atoms with Crippen LogP contribution in [0.25, 0.3) is 0 Å². The number of rotatable bonds is 6. The lowest BCUT2D eigenvalue weighted by atomic mass is 10.2. The first kappa shape index (κ1) is 18.2. The molecule has 0 aromatic heterocycles. The van der Waals surface area contributed by atoms with Crippen LogP contribution in [0.5, 0.6) is 0 Å². The van der Waals surface area contributed by atoms with Crippen molar-refractivity contribution in [1.82, 2.24) is 9.80 Å². The summed E-state index contributed by atoms with van der Waals surface area (Å²) in [4.78, 5) is 16.9. The molecular formula is C19H29N3O3. The molecule has 2 saturated heterocycles. The smallest absolute Gasteiger partial charge is 0.321 e. The van der Waals surface area contributed by atoms with Crippen molar-refractivity contribution >= 4 is 11.7 Å². The fourth-order valence-electron chi connectivity index (χ4n) is 3.38. The molecule has 0 spiro atoms. The van der Waals surface area contributed by atoms with Gasteiger partial charge in [-0.25, -0.2) is 4.79 Å². The number of anilines is 1. The minimum Gasteiger partial charge on any atom is -0.377 e. The van der Waals surface area contributed by atoms with Crippen molar-refractivity contribution in [3.63, 3.8) is 0 Å². The van der Waals surface area contributed by atoms with E-state index in [4.69, 9.17) is 9.47 Å². The molecule has 2 fully saturated rings. The number of piperazine rings is 1. The summed E-state index contributed by atoms with van der Waals surface area (Å²) in [7, 11) is 0. The van der Waals surface area contributed by atoms with Crippen LogP contribution in [-0.4, -0.2) is 67.9 Å². The van der Waals surface area contributed by atoms with E-state index in [9.17, 15) is 4.79 Å². The number of carbonyl (C=O) groups is 1. The highest BCUT2D eigenvalue weighted by Gasteiger charge is 2.25. The van der Waals surface area contributed by atoms with Gasteiger partial charge in [0.1, 0.15) is 0 Å². The van der Waals surface area contributed by atoms with E-state index >= 15 is 0 Å². The number of urea groups is 1. The average Bonchev–Trinajstić information content (AvgIpc) is 3.14. The normalized spacial score (nSPS) is 21.5. The summed E-state index contributed by atoms with van der Waals surface area (Å²) in [6, 6.07) is 7.80. The zero-order chi connectivity index (χ0) is 17.5.